The summed E-state index contributed by atoms with van der Waals surface area (Å²) in [5.41, 5.74) is 2.44. The summed E-state index contributed by atoms with van der Waals surface area (Å²) >= 11 is 5.86. The Labute approximate surface area is 176 Å². The number of benzene rings is 3. The molecule has 0 saturated heterocycles. The van der Waals surface area contributed by atoms with Crippen LogP contribution in [-0.2, 0) is 10.0 Å². The van der Waals surface area contributed by atoms with E-state index in [9.17, 15) is 13.2 Å². The van der Waals surface area contributed by atoms with Gasteiger partial charge in [0.2, 0.25) is 0 Å². The summed E-state index contributed by atoms with van der Waals surface area (Å²) in [4.78, 5) is 14.5. The minimum Gasteiger partial charge on any atom is -0.311 e. The first-order valence-corrected chi connectivity index (χ1v) is 10.7. The standard InChI is InChI=1S/C22H21ClN2O3S/c1-16-15-17(22(26)24(2)19-7-5-4-6-8-19)9-14-21(16)25(3)29(27,28)20-12-10-18(23)11-13-20/h4-15H,1-3H3. The van der Waals surface area contributed by atoms with Gasteiger partial charge in [0.25, 0.3) is 15.9 Å². The number of carbonyl (C=O) groups excluding carboxylic acids is 1. The molecular formula is C22H21ClN2O3S. The Kier molecular flexibility index (Phi) is 5.96. The lowest BCUT2D eigenvalue weighted by molar-refractivity contribution is 0.0993. The Balaban J connectivity index is 1.89. The third-order valence-electron chi connectivity index (χ3n) is 4.70. The lowest BCUT2D eigenvalue weighted by Gasteiger charge is -2.23. The fourth-order valence-electron chi connectivity index (χ4n) is 3.00. The highest BCUT2D eigenvalue weighted by atomic mass is 35.5. The summed E-state index contributed by atoms with van der Waals surface area (Å²) in [5, 5.41) is 0.466. The van der Waals surface area contributed by atoms with Gasteiger partial charge in [-0.05, 0) is 67.1 Å². The minimum atomic E-state index is -3.74. The van der Waals surface area contributed by atoms with Crippen molar-refractivity contribution in [2.75, 3.05) is 23.3 Å². The number of hydrogen-bond donors (Lipinski definition) is 0. The molecule has 0 spiro atoms. The molecule has 3 aromatic carbocycles. The van der Waals surface area contributed by atoms with Crippen molar-refractivity contribution in [2.24, 2.45) is 0 Å². The summed E-state index contributed by atoms with van der Waals surface area (Å²) < 4.78 is 27.0. The smallest absolute Gasteiger partial charge is 0.264 e. The summed E-state index contributed by atoms with van der Waals surface area (Å²) in [7, 11) is -0.548. The normalized spacial score (nSPS) is 11.2. The van der Waals surface area contributed by atoms with Crippen molar-refractivity contribution in [3.63, 3.8) is 0 Å². The summed E-state index contributed by atoms with van der Waals surface area (Å²) in [6.07, 6.45) is 0. The molecule has 0 fully saturated rings. The van der Waals surface area contributed by atoms with E-state index in [-0.39, 0.29) is 10.8 Å². The van der Waals surface area contributed by atoms with Crippen molar-refractivity contribution >= 4 is 38.9 Å². The Bertz CT molecular complexity index is 1130. The van der Waals surface area contributed by atoms with E-state index in [0.717, 1.165) is 5.69 Å². The highest BCUT2D eigenvalue weighted by Gasteiger charge is 2.23. The molecule has 0 atom stereocenters. The fraction of sp³-hybridized carbons (Fsp3) is 0.136. The van der Waals surface area contributed by atoms with E-state index in [4.69, 9.17) is 11.6 Å². The highest BCUT2D eigenvalue weighted by molar-refractivity contribution is 7.92. The van der Waals surface area contributed by atoms with Crippen LogP contribution >= 0.6 is 11.6 Å². The van der Waals surface area contributed by atoms with Gasteiger partial charge in [-0.2, -0.15) is 0 Å². The molecule has 0 aliphatic carbocycles. The molecule has 1 amide bonds. The Morgan fingerprint density at radius 2 is 1.52 bits per heavy atom. The molecule has 0 aliphatic heterocycles. The maximum absolute atomic E-state index is 12.9. The zero-order chi connectivity index (χ0) is 21.2. The zero-order valence-electron chi connectivity index (χ0n) is 16.3. The van der Waals surface area contributed by atoms with Crippen molar-refractivity contribution in [1.82, 2.24) is 0 Å². The van der Waals surface area contributed by atoms with E-state index >= 15 is 0 Å². The van der Waals surface area contributed by atoms with Gasteiger partial charge < -0.3 is 4.90 Å². The quantitative estimate of drug-likeness (QED) is 0.589. The lowest BCUT2D eigenvalue weighted by atomic mass is 10.1. The molecule has 29 heavy (non-hydrogen) atoms. The van der Waals surface area contributed by atoms with E-state index in [1.165, 1.54) is 35.6 Å². The van der Waals surface area contributed by atoms with Crippen LogP contribution in [0.4, 0.5) is 11.4 Å². The molecule has 0 saturated carbocycles. The van der Waals surface area contributed by atoms with Gasteiger partial charge in [-0.25, -0.2) is 8.42 Å². The Morgan fingerprint density at radius 1 is 0.897 bits per heavy atom. The van der Waals surface area contributed by atoms with Gasteiger partial charge in [-0.3, -0.25) is 9.10 Å². The number of aryl methyl sites for hydroxylation is 1. The molecule has 5 nitrogen and oxygen atoms in total. The van der Waals surface area contributed by atoms with E-state index in [1.807, 2.05) is 30.3 Å². The van der Waals surface area contributed by atoms with E-state index in [2.05, 4.69) is 0 Å². The number of carbonyl (C=O) groups is 1. The second-order valence-electron chi connectivity index (χ2n) is 6.63. The average Bonchev–Trinajstić information content (AvgIpc) is 2.73. The van der Waals surface area contributed by atoms with Crippen molar-refractivity contribution in [3.05, 3.63) is 88.9 Å². The van der Waals surface area contributed by atoms with Crippen molar-refractivity contribution < 1.29 is 13.2 Å². The van der Waals surface area contributed by atoms with Crippen LogP contribution in [0.15, 0.2) is 77.7 Å². The molecule has 0 N–H and O–H groups in total. The van der Waals surface area contributed by atoms with E-state index in [0.29, 0.717) is 21.8 Å². The molecule has 0 bridgehead atoms. The van der Waals surface area contributed by atoms with Crippen molar-refractivity contribution in [2.45, 2.75) is 11.8 Å². The van der Waals surface area contributed by atoms with Crippen LogP contribution in [-0.4, -0.2) is 28.4 Å². The highest BCUT2D eigenvalue weighted by Crippen LogP contribution is 2.27. The van der Waals surface area contributed by atoms with Crippen LogP contribution in [0.5, 0.6) is 0 Å². The van der Waals surface area contributed by atoms with Gasteiger partial charge in [-0.15, -0.1) is 0 Å². The first-order chi connectivity index (χ1) is 13.7. The molecule has 0 heterocycles. The molecule has 0 unspecified atom stereocenters. The van der Waals surface area contributed by atoms with E-state index in [1.54, 1.807) is 37.1 Å². The molecule has 150 valence electrons. The first-order valence-electron chi connectivity index (χ1n) is 8.90. The van der Waals surface area contributed by atoms with Gasteiger partial charge in [0.15, 0.2) is 0 Å². The van der Waals surface area contributed by atoms with Gasteiger partial charge in [0.05, 0.1) is 10.6 Å². The monoisotopic (exact) mass is 428 g/mol. The lowest BCUT2D eigenvalue weighted by Crippen LogP contribution is -2.28. The second kappa shape index (κ2) is 8.27. The van der Waals surface area contributed by atoms with Gasteiger partial charge >= 0.3 is 0 Å². The summed E-state index contributed by atoms with van der Waals surface area (Å²) in [6.45, 7) is 1.78. The number of hydrogen-bond acceptors (Lipinski definition) is 3. The SMILES string of the molecule is Cc1cc(C(=O)N(C)c2ccccc2)ccc1N(C)S(=O)(=O)c1ccc(Cl)cc1. The van der Waals surface area contributed by atoms with Gasteiger partial charge in [0.1, 0.15) is 0 Å². The fourth-order valence-corrected chi connectivity index (χ4v) is 4.38. The third-order valence-corrected chi connectivity index (χ3v) is 6.74. The Hall–Kier alpha value is -2.83. The molecule has 7 heteroatoms. The minimum absolute atomic E-state index is 0.146. The maximum atomic E-state index is 12.9. The molecule has 0 aliphatic rings. The Morgan fingerprint density at radius 3 is 2.10 bits per heavy atom. The average molecular weight is 429 g/mol. The number of sulfonamides is 1. The van der Waals surface area contributed by atoms with Gasteiger partial charge in [-0.1, -0.05) is 29.8 Å². The molecule has 3 aromatic rings. The topological polar surface area (TPSA) is 57.7 Å². The van der Waals surface area contributed by atoms with Crippen molar-refractivity contribution in [1.29, 1.82) is 0 Å². The number of para-hydroxylation sites is 1. The van der Waals surface area contributed by atoms with Crippen LogP contribution < -0.4 is 9.21 Å². The van der Waals surface area contributed by atoms with Crippen LogP contribution in [0.3, 0.4) is 0 Å². The zero-order valence-corrected chi connectivity index (χ0v) is 17.9. The van der Waals surface area contributed by atoms with Gasteiger partial charge in [0, 0.05) is 30.4 Å². The third kappa shape index (κ3) is 4.28. The summed E-state index contributed by atoms with van der Waals surface area (Å²) in [6, 6.07) is 20.3. The van der Waals surface area contributed by atoms with Crippen LogP contribution in [0.1, 0.15) is 15.9 Å². The first kappa shape index (κ1) is 20.9. The predicted octanol–water partition coefficient (Wildman–Crippen LogP) is 4.75. The van der Waals surface area contributed by atoms with Crippen LogP contribution in [0.2, 0.25) is 5.02 Å². The number of anilines is 2. The number of rotatable bonds is 5. The van der Waals surface area contributed by atoms with Crippen LogP contribution in [0, 0.1) is 6.92 Å². The molecule has 0 aromatic heterocycles. The molecular weight excluding hydrogens is 408 g/mol. The van der Waals surface area contributed by atoms with E-state index < -0.39 is 10.0 Å². The number of amides is 1. The van der Waals surface area contributed by atoms with Crippen LogP contribution in [0.25, 0.3) is 0 Å². The molecule has 3 rings (SSSR count). The second-order valence-corrected chi connectivity index (χ2v) is 9.03. The predicted molar refractivity (Wildman–Crippen MR) is 117 cm³/mol. The number of halogens is 1. The molecule has 0 radical (unpaired) electrons. The maximum Gasteiger partial charge on any atom is 0.264 e. The largest absolute Gasteiger partial charge is 0.311 e. The number of nitrogens with zero attached hydrogens (tertiary/aromatic N) is 2. The van der Waals surface area contributed by atoms with Crippen molar-refractivity contribution in [3.8, 4) is 0 Å². The summed E-state index contributed by atoms with van der Waals surface area (Å²) in [5.74, 6) is -0.172.